The fourth-order valence-electron chi connectivity index (χ4n) is 2.79. The molecular formula is C19H19N3O5S2. The number of nitrogens with zero attached hydrogens (tertiary/aromatic N) is 3. The van der Waals surface area contributed by atoms with Crippen LogP contribution in [0.2, 0.25) is 0 Å². The van der Waals surface area contributed by atoms with Gasteiger partial charge in [-0.05, 0) is 35.9 Å². The van der Waals surface area contributed by atoms with Gasteiger partial charge < -0.3 is 14.6 Å². The van der Waals surface area contributed by atoms with E-state index in [4.69, 9.17) is 9.47 Å². The molecule has 1 aliphatic heterocycles. The molecule has 8 nitrogen and oxygen atoms in total. The van der Waals surface area contributed by atoms with Crippen LogP contribution in [0.4, 0.5) is 5.13 Å². The summed E-state index contributed by atoms with van der Waals surface area (Å²) in [5.41, 5.74) is 0.276. The number of ether oxygens (including phenoxy) is 2. The van der Waals surface area contributed by atoms with Gasteiger partial charge in [-0.3, -0.25) is 9.69 Å². The number of thioether (sulfide) groups is 1. The van der Waals surface area contributed by atoms with E-state index in [0.717, 1.165) is 6.42 Å². The molecule has 3 rings (SSSR count). The van der Waals surface area contributed by atoms with Crippen molar-refractivity contribution in [2.75, 3.05) is 20.8 Å². The van der Waals surface area contributed by atoms with Crippen molar-refractivity contribution in [1.29, 1.82) is 0 Å². The molecule has 0 spiro atoms. The average molecular weight is 434 g/mol. The van der Waals surface area contributed by atoms with E-state index in [2.05, 4.69) is 9.98 Å². The lowest BCUT2D eigenvalue weighted by Crippen LogP contribution is -2.29. The number of rotatable bonds is 7. The van der Waals surface area contributed by atoms with Gasteiger partial charge in [0, 0.05) is 18.1 Å². The molecule has 1 aliphatic rings. The van der Waals surface area contributed by atoms with Gasteiger partial charge in [0.05, 0.1) is 19.1 Å². The van der Waals surface area contributed by atoms with Crippen LogP contribution in [0, 0.1) is 0 Å². The Hall–Kier alpha value is -2.85. The normalized spacial score (nSPS) is 16.7. The van der Waals surface area contributed by atoms with E-state index in [0.29, 0.717) is 33.1 Å². The van der Waals surface area contributed by atoms with Crippen LogP contribution in [0.5, 0.6) is 11.5 Å². The number of amidine groups is 1. The van der Waals surface area contributed by atoms with E-state index in [-0.39, 0.29) is 17.2 Å². The van der Waals surface area contributed by atoms with Crippen LogP contribution in [0.3, 0.4) is 0 Å². The molecule has 1 aromatic heterocycles. The minimum absolute atomic E-state index is 0.0693. The van der Waals surface area contributed by atoms with Crippen LogP contribution in [0.15, 0.2) is 33.6 Å². The predicted molar refractivity (Wildman–Crippen MR) is 113 cm³/mol. The summed E-state index contributed by atoms with van der Waals surface area (Å²) in [5, 5.41) is 12.6. The first-order chi connectivity index (χ1) is 14.0. The first-order valence-corrected chi connectivity index (χ1v) is 10.4. The minimum Gasteiger partial charge on any atom is -0.493 e. The van der Waals surface area contributed by atoms with Crippen LogP contribution >= 0.6 is 23.1 Å². The number of carboxylic acid groups (broad SMARTS) is 1. The molecule has 10 heteroatoms. The second kappa shape index (κ2) is 9.10. The highest BCUT2D eigenvalue weighted by atomic mass is 32.2. The number of carbonyl (C=O) groups is 2. The second-order valence-corrected chi connectivity index (χ2v) is 7.73. The largest absolute Gasteiger partial charge is 0.493 e. The van der Waals surface area contributed by atoms with Crippen molar-refractivity contribution in [1.82, 2.24) is 9.88 Å². The van der Waals surface area contributed by atoms with Gasteiger partial charge in [-0.25, -0.2) is 9.78 Å². The number of hydrogen-bond donors (Lipinski definition) is 1. The van der Waals surface area contributed by atoms with Gasteiger partial charge in [0.25, 0.3) is 5.91 Å². The van der Waals surface area contributed by atoms with E-state index >= 15 is 0 Å². The third-order valence-electron chi connectivity index (χ3n) is 4.02. The van der Waals surface area contributed by atoms with Crippen molar-refractivity contribution in [3.8, 4) is 11.5 Å². The van der Waals surface area contributed by atoms with Crippen molar-refractivity contribution in [3.63, 3.8) is 0 Å². The lowest BCUT2D eigenvalue weighted by molar-refractivity contribution is -0.122. The van der Waals surface area contributed by atoms with Gasteiger partial charge in [-0.15, -0.1) is 11.3 Å². The topological polar surface area (TPSA) is 101 Å². The summed E-state index contributed by atoms with van der Waals surface area (Å²) >= 11 is 2.57. The first-order valence-electron chi connectivity index (χ1n) is 8.68. The molecule has 1 aromatic carbocycles. The summed E-state index contributed by atoms with van der Waals surface area (Å²) in [6, 6.07) is 3.20. The first kappa shape index (κ1) is 20.9. The highest BCUT2D eigenvalue weighted by molar-refractivity contribution is 8.18. The van der Waals surface area contributed by atoms with Crippen LogP contribution in [-0.4, -0.2) is 52.8 Å². The van der Waals surface area contributed by atoms with Crippen LogP contribution in [0.25, 0.3) is 6.08 Å². The molecule has 1 N–H and O–H groups in total. The molecule has 29 heavy (non-hydrogen) atoms. The smallest absolute Gasteiger partial charge is 0.340 e. The van der Waals surface area contributed by atoms with E-state index < -0.39 is 5.97 Å². The van der Waals surface area contributed by atoms with E-state index in [1.54, 1.807) is 29.3 Å². The summed E-state index contributed by atoms with van der Waals surface area (Å²) < 4.78 is 10.4. The molecular weight excluding hydrogens is 414 g/mol. The van der Waals surface area contributed by atoms with Crippen LogP contribution in [-0.2, 0) is 4.79 Å². The number of thiazole rings is 1. The Labute approximate surface area is 175 Å². The number of carboxylic acids is 1. The molecule has 2 heterocycles. The van der Waals surface area contributed by atoms with Gasteiger partial charge >= 0.3 is 5.97 Å². The number of aliphatic imine (C=N–C) groups is 1. The van der Waals surface area contributed by atoms with Crippen molar-refractivity contribution in [3.05, 3.63) is 39.7 Å². The van der Waals surface area contributed by atoms with Crippen molar-refractivity contribution < 1.29 is 24.2 Å². The maximum atomic E-state index is 12.9. The Bertz CT molecular complexity index is 986. The van der Waals surface area contributed by atoms with Crippen molar-refractivity contribution in [2.45, 2.75) is 13.3 Å². The molecule has 0 aliphatic carbocycles. The molecule has 1 fully saturated rings. The Morgan fingerprint density at radius 1 is 1.34 bits per heavy atom. The molecule has 0 unspecified atom stereocenters. The summed E-state index contributed by atoms with van der Waals surface area (Å²) in [4.78, 5) is 35.4. The van der Waals surface area contributed by atoms with Crippen molar-refractivity contribution in [2.24, 2.45) is 4.99 Å². The Balaban J connectivity index is 2.06. The average Bonchev–Trinajstić information content (AvgIpc) is 3.31. The molecule has 0 atom stereocenters. The SMILES string of the molecule is CCCN1C(=O)/C(=C\c2ccc(OC)c(OC)c2C(=O)O)S/C1=N/c1nccs1. The van der Waals surface area contributed by atoms with Crippen LogP contribution in [0.1, 0.15) is 29.3 Å². The number of hydrogen-bond acceptors (Lipinski definition) is 8. The second-order valence-electron chi connectivity index (χ2n) is 5.85. The monoisotopic (exact) mass is 433 g/mol. The van der Waals surface area contributed by atoms with Crippen LogP contribution < -0.4 is 9.47 Å². The number of amides is 1. The number of carbonyl (C=O) groups excluding carboxylic acids is 1. The number of benzene rings is 1. The third-order valence-corrected chi connectivity index (χ3v) is 5.70. The Kier molecular flexibility index (Phi) is 6.55. The molecule has 152 valence electrons. The highest BCUT2D eigenvalue weighted by Crippen LogP contribution is 2.38. The Morgan fingerprint density at radius 3 is 2.72 bits per heavy atom. The summed E-state index contributed by atoms with van der Waals surface area (Å²) in [6.07, 6.45) is 3.95. The van der Waals surface area contributed by atoms with Gasteiger partial charge in [-0.1, -0.05) is 13.0 Å². The van der Waals surface area contributed by atoms with Crippen molar-refractivity contribution >= 4 is 51.4 Å². The zero-order valence-electron chi connectivity index (χ0n) is 16.0. The third kappa shape index (κ3) is 4.28. The molecule has 0 radical (unpaired) electrons. The molecule has 0 bridgehead atoms. The van der Waals surface area contributed by atoms with E-state index in [9.17, 15) is 14.7 Å². The lowest BCUT2D eigenvalue weighted by atomic mass is 10.0. The molecule has 1 amide bonds. The molecule has 1 saturated heterocycles. The van der Waals surface area contributed by atoms with E-state index in [1.165, 1.54) is 37.3 Å². The Morgan fingerprint density at radius 2 is 2.14 bits per heavy atom. The zero-order chi connectivity index (χ0) is 21.0. The minimum atomic E-state index is -1.18. The lowest BCUT2D eigenvalue weighted by Gasteiger charge is -2.13. The molecule has 2 aromatic rings. The zero-order valence-corrected chi connectivity index (χ0v) is 17.7. The van der Waals surface area contributed by atoms with Gasteiger partial charge in [0.15, 0.2) is 16.7 Å². The number of aromatic carboxylic acids is 1. The summed E-state index contributed by atoms with van der Waals surface area (Å²) in [7, 11) is 2.81. The maximum absolute atomic E-state index is 12.9. The molecule has 0 saturated carbocycles. The quantitative estimate of drug-likeness (QED) is 0.661. The van der Waals surface area contributed by atoms with E-state index in [1.807, 2.05) is 12.3 Å². The fourth-order valence-corrected chi connectivity index (χ4v) is 4.35. The standard InChI is InChI=1S/C19H19N3O5S2/c1-4-8-22-16(23)13(29-19(22)21-18-20-7-9-28-18)10-11-5-6-12(26-2)15(27-3)14(11)17(24)25/h5-7,9-10H,4,8H2,1-3H3,(H,24,25)/b13-10+,21-19+. The van der Waals surface area contributed by atoms with Gasteiger partial charge in [0.1, 0.15) is 5.56 Å². The fraction of sp³-hybridized carbons (Fsp3) is 0.263. The summed E-state index contributed by atoms with van der Waals surface area (Å²) in [6.45, 7) is 2.47. The maximum Gasteiger partial charge on any atom is 0.340 e. The summed E-state index contributed by atoms with van der Waals surface area (Å²) in [5.74, 6) is -0.994. The number of aromatic nitrogens is 1. The predicted octanol–water partition coefficient (Wildman–Crippen LogP) is 3.87. The van der Waals surface area contributed by atoms with Gasteiger partial charge in [0.2, 0.25) is 5.13 Å². The number of methoxy groups -OCH3 is 2. The highest BCUT2D eigenvalue weighted by Gasteiger charge is 2.33. The van der Waals surface area contributed by atoms with Gasteiger partial charge in [-0.2, -0.15) is 4.99 Å².